The number of imide groups is 1. The maximum atomic E-state index is 13.5. The summed E-state index contributed by atoms with van der Waals surface area (Å²) in [6, 6.07) is 16.8. The van der Waals surface area contributed by atoms with Gasteiger partial charge in [-0.3, -0.25) is 19.3 Å². The third-order valence-electron chi connectivity index (χ3n) is 9.60. The van der Waals surface area contributed by atoms with Crippen molar-refractivity contribution < 1.29 is 28.7 Å². The third-order valence-corrected chi connectivity index (χ3v) is 14.1. The van der Waals surface area contributed by atoms with Gasteiger partial charge in [-0.05, 0) is 95.2 Å². The lowest BCUT2D eigenvalue weighted by Gasteiger charge is -2.28. The molecule has 3 fully saturated rings. The molecule has 7 rings (SSSR count). The number of carbonyl (C=O) groups is 4. The Kier molecular flexibility index (Phi) is 8.56. The van der Waals surface area contributed by atoms with Crippen LogP contribution in [0.2, 0.25) is 5.02 Å². The number of hydrogen-bond donors (Lipinski definition) is 0. The zero-order valence-corrected chi connectivity index (χ0v) is 30.5. The molecule has 6 atom stereocenters. The van der Waals surface area contributed by atoms with Gasteiger partial charge in [0.1, 0.15) is 5.75 Å². The van der Waals surface area contributed by atoms with Gasteiger partial charge in [0.2, 0.25) is 11.8 Å². The van der Waals surface area contributed by atoms with Crippen molar-refractivity contribution in [2.45, 2.75) is 23.0 Å². The van der Waals surface area contributed by atoms with Crippen LogP contribution in [0.25, 0.3) is 22.2 Å². The van der Waals surface area contributed by atoms with Gasteiger partial charge in [-0.1, -0.05) is 55.6 Å². The lowest BCUT2D eigenvalue weighted by atomic mass is 9.81. The van der Waals surface area contributed by atoms with Gasteiger partial charge >= 0.3 is 5.97 Å². The minimum Gasteiger partial charge on any atom is -0.497 e. The van der Waals surface area contributed by atoms with Gasteiger partial charge in [-0.2, -0.15) is 0 Å². The van der Waals surface area contributed by atoms with Crippen LogP contribution >= 0.6 is 59.4 Å². The Labute approximate surface area is 300 Å². The van der Waals surface area contributed by atoms with Gasteiger partial charge in [0.15, 0.2) is 12.4 Å². The number of ketones is 1. The number of ether oxygens (including phenoxy) is 2. The zero-order chi connectivity index (χ0) is 33.3. The lowest BCUT2D eigenvalue weighted by molar-refractivity contribution is -0.123. The molecule has 3 aromatic carbocycles. The number of fused-ring (bicyclic) bond motifs is 6. The summed E-state index contributed by atoms with van der Waals surface area (Å²) in [6.45, 7) is 1.35. The molecule has 0 spiro atoms. The maximum Gasteiger partial charge on any atom is 0.339 e. The van der Waals surface area contributed by atoms with Crippen LogP contribution in [0.3, 0.4) is 0 Å². The molecule has 8 nitrogen and oxygen atoms in total. The summed E-state index contributed by atoms with van der Waals surface area (Å²) in [6.07, 6.45) is 0.861. The van der Waals surface area contributed by atoms with Crippen molar-refractivity contribution in [1.29, 1.82) is 0 Å². The molecule has 4 aromatic rings. The summed E-state index contributed by atoms with van der Waals surface area (Å²) < 4.78 is 11.2. The van der Waals surface area contributed by atoms with Crippen LogP contribution in [0.5, 0.6) is 5.75 Å². The van der Waals surface area contributed by atoms with Crippen molar-refractivity contribution >= 4 is 99.5 Å². The number of nitrogens with zero attached hydrogens (tertiary/aromatic N) is 2. The lowest BCUT2D eigenvalue weighted by Crippen LogP contribution is -2.37. The molecule has 12 heteroatoms. The number of halogens is 4. The number of hydrogen-bond acceptors (Lipinski definition) is 7. The number of methoxy groups -OCH3 is 1. The van der Waals surface area contributed by atoms with Gasteiger partial charge in [0.25, 0.3) is 0 Å². The quantitative estimate of drug-likeness (QED) is 0.0806. The fourth-order valence-electron chi connectivity index (χ4n) is 7.23. The monoisotopic (exact) mass is 842 g/mol. The first-order valence-corrected chi connectivity index (χ1v) is 17.9. The van der Waals surface area contributed by atoms with Gasteiger partial charge in [0, 0.05) is 30.6 Å². The van der Waals surface area contributed by atoms with E-state index in [0.29, 0.717) is 54.2 Å². The molecule has 47 heavy (non-hydrogen) atoms. The summed E-state index contributed by atoms with van der Waals surface area (Å²) in [4.78, 5) is 59.9. The van der Waals surface area contributed by atoms with Crippen LogP contribution in [0.4, 0.5) is 5.69 Å². The van der Waals surface area contributed by atoms with E-state index in [1.807, 2.05) is 0 Å². The van der Waals surface area contributed by atoms with Gasteiger partial charge in [-0.25, -0.2) is 9.78 Å². The molecule has 2 bridgehead atoms. The molecule has 1 aliphatic heterocycles. The number of alkyl halides is 2. The Bertz CT molecular complexity index is 1950. The van der Waals surface area contributed by atoms with Crippen LogP contribution in [-0.4, -0.2) is 51.9 Å². The van der Waals surface area contributed by atoms with E-state index in [0.717, 1.165) is 6.42 Å². The number of pyridine rings is 1. The SMILES string of the molecule is COc1ccc(C(=O)COC(=O)c2cc(-c3ccc(N4C(=O)C5C6CC(C(Br)C6Br)C5C4=O)cc3)nc3c(C)c(Cl)c(Br)cc23)cc1. The Morgan fingerprint density at radius 2 is 1.57 bits per heavy atom. The Morgan fingerprint density at radius 3 is 2.17 bits per heavy atom. The largest absolute Gasteiger partial charge is 0.497 e. The molecule has 0 radical (unpaired) electrons. The summed E-state index contributed by atoms with van der Waals surface area (Å²) >= 11 is 17.5. The second kappa shape index (κ2) is 12.4. The summed E-state index contributed by atoms with van der Waals surface area (Å²) in [7, 11) is 1.54. The maximum absolute atomic E-state index is 13.5. The van der Waals surface area contributed by atoms with Crippen molar-refractivity contribution in [2.24, 2.45) is 23.7 Å². The molecule has 240 valence electrons. The number of benzene rings is 3. The predicted molar refractivity (Wildman–Crippen MR) is 189 cm³/mol. The number of anilines is 1. The van der Waals surface area contributed by atoms with Crippen LogP contribution in [0, 0.1) is 30.6 Å². The second-order valence-electron chi connectivity index (χ2n) is 12.0. The first-order chi connectivity index (χ1) is 22.5. The number of Topliss-reactive ketones (excluding diaryl/α,β-unsaturated/α-hetero) is 1. The molecular weight excluding hydrogens is 820 g/mol. The molecule has 2 saturated carbocycles. The zero-order valence-electron chi connectivity index (χ0n) is 25.0. The highest BCUT2D eigenvalue weighted by molar-refractivity contribution is 9.12. The van der Waals surface area contributed by atoms with Crippen molar-refractivity contribution in [2.75, 3.05) is 18.6 Å². The summed E-state index contributed by atoms with van der Waals surface area (Å²) in [5, 5.41) is 0.958. The first-order valence-electron chi connectivity index (χ1n) is 14.9. The van der Waals surface area contributed by atoms with E-state index in [2.05, 4.69) is 47.8 Å². The van der Waals surface area contributed by atoms with E-state index in [-0.39, 0.29) is 56.5 Å². The minimum absolute atomic E-state index is 0.122. The van der Waals surface area contributed by atoms with Gasteiger partial charge < -0.3 is 9.47 Å². The van der Waals surface area contributed by atoms with E-state index < -0.39 is 12.6 Å². The van der Waals surface area contributed by atoms with Gasteiger partial charge in [-0.15, -0.1) is 0 Å². The summed E-state index contributed by atoms with van der Waals surface area (Å²) in [5.74, 6) is -1.15. The number of aromatic nitrogens is 1. The van der Waals surface area contributed by atoms with Crippen molar-refractivity contribution in [3.63, 3.8) is 0 Å². The fraction of sp³-hybridized carbons (Fsp3) is 0.286. The van der Waals surface area contributed by atoms with Crippen LogP contribution in [-0.2, 0) is 14.3 Å². The van der Waals surface area contributed by atoms with E-state index >= 15 is 0 Å². The Balaban J connectivity index is 1.19. The topological polar surface area (TPSA) is 103 Å². The van der Waals surface area contributed by atoms with Crippen LogP contribution < -0.4 is 9.64 Å². The Morgan fingerprint density at radius 1 is 0.957 bits per heavy atom. The van der Waals surface area contributed by atoms with Crippen LogP contribution in [0.1, 0.15) is 32.7 Å². The third kappa shape index (κ3) is 5.34. The number of esters is 1. The molecule has 2 aliphatic carbocycles. The second-order valence-corrected chi connectivity index (χ2v) is 15.4. The molecule has 1 saturated heterocycles. The van der Waals surface area contributed by atoms with Crippen LogP contribution in [0.15, 0.2) is 65.1 Å². The first kappa shape index (κ1) is 32.4. The average molecular weight is 846 g/mol. The molecule has 3 aliphatic rings. The molecule has 6 unspecified atom stereocenters. The highest BCUT2D eigenvalue weighted by atomic mass is 79.9. The minimum atomic E-state index is -0.699. The molecule has 2 heterocycles. The Hall–Kier alpha value is -3.12. The van der Waals surface area contributed by atoms with Crippen molar-refractivity contribution in [3.05, 3.63) is 86.8 Å². The highest BCUT2D eigenvalue weighted by Crippen LogP contribution is 2.60. The van der Waals surface area contributed by atoms with E-state index in [4.69, 9.17) is 26.1 Å². The highest BCUT2D eigenvalue weighted by Gasteiger charge is 2.66. The number of aryl methyl sites for hydroxylation is 1. The average Bonchev–Trinajstić information content (AvgIpc) is 3.70. The number of amides is 2. The van der Waals surface area contributed by atoms with Crippen molar-refractivity contribution in [1.82, 2.24) is 4.98 Å². The van der Waals surface area contributed by atoms with Crippen molar-refractivity contribution in [3.8, 4) is 17.0 Å². The van der Waals surface area contributed by atoms with Gasteiger partial charge in [0.05, 0.1) is 46.4 Å². The molecular formula is C35H26Br3ClN2O6. The number of rotatable bonds is 7. The molecule has 1 aromatic heterocycles. The number of carbonyl (C=O) groups excluding carboxylic acids is 4. The standard InChI is InChI=1S/C35H26Br3ClN2O6/c1-15-31(39)24(36)12-20-21(35(45)47-14-26(42)17-5-9-19(46-2)10-6-17)13-25(40-32(15)20)16-3-7-18(8-4-16)41-33(43)27-22-11-23(28(27)34(41)44)30(38)29(22)37/h3-10,12-13,22-23,27-30H,11,14H2,1-2H3. The smallest absolute Gasteiger partial charge is 0.339 e. The normalized spacial score (nSPS) is 24.6. The fourth-order valence-corrected chi connectivity index (χ4v) is 9.77. The van der Waals surface area contributed by atoms with E-state index in [1.165, 1.54) is 12.0 Å². The van der Waals surface area contributed by atoms with E-state index in [1.54, 1.807) is 67.6 Å². The predicted octanol–water partition coefficient (Wildman–Crippen LogP) is 7.96. The van der Waals surface area contributed by atoms with E-state index in [9.17, 15) is 19.2 Å². The molecule has 0 N–H and O–H groups in total. The molecule has 2 amide bonds. The summed E-state index contributed by atoms with van der Waals surface area (Å²) in [5.41, 5.74) is 3.34.